The Kier molecular flexibility index (Phi) is 3.25. The van der Waals surface area contributed by atoms with Crippen molar-refractivity contribution in [1.82, 2.24) is 24.9 Å². The predicted molar refractivity (Wildman–Crippen MR) is 66.1 cm³/mol. The second-order valence-corrected chi connectivity index (χ2v) is 4.13. The highest BCUT2D eigenvalue weighted by atomic mass is 15.7. The summed E-state index contributed by atoms with van der Waals surface area (Å²) in [5.41, 5.74) is 11.1. The minimum absolute atomic E-state index is 0.147. The van der Waals surface area contributed by atoms with Gasteiger partial charge in [-0.05, 0) is 7.05 Å². The molecule has 0 unspecified atom stereocenters. The van der Waals surface area contributed by atoms with Gasteiger partial charge in [-0.1, -0.05) is 0 Å². The summed E-state index contributed by atoms with van der Waals surface area (Å²) in [4.78, 5) is 14.2. The molecule has 1 saturated heterocycles. The molecule has 1 aliphatic rings. The van der Waals surface area contributed by atoms with E-state index in [1.165, 1.54) is 0 Å². The Labute approximate surface area is 100 Å². The molecular formula is C9H18N8. The number of hydrogen-bond donors (Lipinski definition) is 2. The van der Waals surface area contributed by atoms with E-state index >= 15 is 0 Å². The Morgan fingerprint density at radius 2 is 1.53 bits per heavy atom. The van der Waals surface area contributed by atoms with Crippen LogP contribution in [0, 0.1) is 0 Å². The van der Waals surface area contributed by atoms with Crippen molar-refractivity contribution in [1.29, 1.82) is 0 Å². The van der Waals surface area contributed by atoms with Crippen LogP contribution in [0.25, 0.3) is 0 Å². The average molecular weight is 238 g/mol. The first kappa shape index (κ1) is 11.8. The van der Waals surface area contributed by atoms with Crippen molar-refractivity contribution in [3.8, 4) is 0 Å². The van der Waals surface area contributed by atoms with Gasteiger partial charge in [0.25, 0.3) is 0 Å². The summed E-state index contributed by atoms with van der Waals surface area (Å²) in [5, 5.41) is 4.04. The number of rotatable bonds is 2. The Balaban J connectivity index is 2.10. The normalized spacial score (nSPS) is 18.2. The maximum atomic E-state index is 5.55. The summed E-state index contributed by atoms with van der Waals surface area (Å²) in [6, 6.07) is 0. The van der Waals surface area contributed by atoms with Gasteiger partial charge in [-0.15, -0.1) is 0 Å². The van der Waals surface area contributed by atoms with Gasteiger partial charge in [0.05, 0.1) is 0 Å². The summed E-state index contributed by atoms with van der Waals surface area (Å²) in [5.74, 6) is 0.779. The van der Waals surface area contributed by atoms with Gasteiger partial charge in [0.15, 0.2) is 0 Å². The van der Waals surface area contributed by atoms with Crippen molar-refractivity contribution in [3.05, 3.63) is 0 Å². The molecule has 0 amide bonds. The highest BCUT2D eigenvalue weighted by Gasteiger charge is 2.20. The fourth-order valence-electron chi connectivity index (χ4n) is 1.76. The third-order valence-electron chi connectivity index (χ3n) is 2.85. The maximum absolute atomic E-state index is 5.55. The van der Waals surface area contributed by atoms with Crippen LogP contribution in [-0.2, 0) is 0 Å². The number of likely N-dealkylation sites (N-methyl/N-ethyl adjacent to an activating group) is 1. The van der Waals surface area contributed by atoms with Gasteiger partial charge in [-0.2, -0.15) is 15.0 Å². The van der Waals surface area contributed by atoms with Crippen molar-refractivity contribution in [3.63, 3.8) is 0 Å². The Bertz CT molecular complexity index is 366. The third-order valence-corrected chi connectivity index (χ3v) is 2.85. The molecule has 4 N–H and O–H groups in total. The molecule has 17 heavy (non-hydrogen) atoms. The lowest BCUT2D eigenvalue weighted by atomic mass is 10.4. The molecule has 0 aromatic carbocycles. The molecule has 1 aromatic rings. The Hall–Kier alpha value is -1.67. The van der Waals surface area contributed by atoms with Gasteiger partial charge in [0.1, 0.15) is 0 Å². The van der Waals surface area contributed by atoms with Gasteiger partial charge in [-0.3, -0.25) is 5.01 Å². The molecule has 0 bridgehead atoms. The molecule has 1 aliphatic heterocycles. The zero-order chi connectivity index (χ0) is 12.4. The third kappa shape index (κ3) is 2.71. The number of piperazine rings is 1. The molecular weight excluding hydrogens is 220 g/mol. The predicted octanol–water partition coefficient (Wildman–Crippen LogP) is -1.37. The van der Waals surface area contributed by atoms with Crippen molar-refractivity contribution < 1.29 is 0 Å². The summed E-state index contributed by atoms with van der Waals surface area (Å²) >= 11 is 0. The van der Waals surface area contributed by atoms with E-state index in [4.69, 9.17) is 11.5 Å². The first-order chi connectivity index (χ1) is 8.06. The van der Waals surface area contributed by atoms with E-state index < -0.39 is 0 Å². The van der Waals surface area contributed by atoms with Crippen LogP contribution < -0.4 is 16.5 Å². The number of aromatic nitrogens is 3. The summed E-state index contributed by atoms with van der Waals surface area (Å²) in [7, 11) is 4.01. The van der Waals surface area contributed by atoms with Crippen LogP contribution in [-0.4, -0.2) is 65.1 Å². The fraction of sp³-hybridized carbons (Fsp3) is 0.667. The monoisotopic (exact) mass is 238 g/mol. The first-order valence-corrected chi connectivity index (χ1v) is 5.50. The zero-order valence-electron chi connectivity index (χ0n) is 10.2. The van der Waals surface area contributed by atoms with E-state index in [0.717, 1.165) is 26.2 Å². The van der Waals surface area contributed by atoms with Crippen LogP contribution in [0.3, 0.4) is 0 Å². The van der Waals surface area contributed by atoms with Gasteiger partial charge in [0, 0.05) is 33.2 Å². The van der Waals surface area contributed by atoms with Crippen LogP contribution in [0.15, 0.2) is 0 Å². The highest BCUT2D eigenvalue weighted by molar-refractivity contribution is 5.38. The number of nitrogens with zero attached hydrogens (tertiary/aromatic N) is 6. The Morgan fingerprint density at radius 1 is 1.00 bits per heavy atom. The average Bonchev–Trinajstić information content (AvgIpc) is 2.28. The molecule has 1 aromatic heterocycles. The number of nitrogen functional groups attached to an aromatic ring is 2. The lowest BCUT2D eigenvalue weighted by Crippen LogP contribution is -2.52. The Morgan fingerprint density at radius 3 is 2.06 bits per heavy atom. The van der Waals surface area contributed by atoms with E-state index in [-0.39, 0.29) is 11.9 Å². The summed E-state index contributed by atoms with van der Waals surface area (Å²) < 4.78 is 0. The summed E-state index contributed by atoms with van der Waals surface area (Å²) in [6.45, 7) is 3.89. The molecule has 0 spiro atoms. The fourth-order valence-corrected chi connectivity index (χ4v) is 1.76. The molecule has 0 aliphatic carbocycles. The lowest BCUT2D eigenvalue weighted by molar-refractivity contribution is 0.146. The van der Waals surface area contributed by atoms with Crippen molar-refractivity contribution in [2.24, 2.45) is 0 Å². The number of hydrazine groups is 1. The molecule has 2 rings (SSSR count). The SMILES string of the molecule is CN1CCN(N(C)c2nc(N)nc(N)n2)CC1. The van der Waals surface area contributed by atoms with Gasteiger partial charge in [-0.25, -0.2) is 5.01 Å². The van der Waals surface area contributed by atoms with E-state index in [1.807, 2.05) is 12.1 Å². The smallest absolute Gasteiger partial charge is 0.246 e. The number of anilines is 3. The van der Waals surface area contributed by atoms with E-state index in [0.29, 0.717) is 5.95 Å². The molecule has 8 nitrogen and oxygen atoms in total. The van der Waals surface area contributed by atoms with Crippen LogP contribution in [0.5, 0.6) is 0 Å². The highest BCUT2D eigenvalue weighted by Crippen LogP contribution is 2.12. The summed E-state index contributed by atoms with van der Waals surface area (Å²) in [6.07, 6.45) is 0. The topological polar surface area (TPSA) is 100 Å². The zero-order valence-corrected chi connectivity index (χ0v) is 10.2. The quantitative estimate of drug-likeness (QED) is 0.651. The molecule has 0 atom stereocenters. The molecule has 1 fully saturated rings. The van der Waals surface area contributed by atoms with Crippen molar-refractivity contribution >= 4 is 17.8 Å². The second kappa shape index (κ2) is 4.68. The second-order valence-electron chi connectivity index (χ2n) is 4.13. The van der Waals surface area contributed by atoms with Crippen LogP contribution in [0.4, 0.5) is 17.8 Å². The van der Waals surface area contributed by atoms with Crippen molar-refractivity contribution in [2.45, 2.75) is 0 Å². The van der Waals surface area contributed by atoms with Crippen molar-refractivity contribution in [2.75, 3.05) is 56.8 Å². The van der Waals surface area contributed by atoms with E-state index in [1.54, 1.807) is 0 Å². The van der Waals surface area contributed by atoms with Gasteiger partial charge in [0.2, 0.25) is 17.8 Å². The van der Waals surface area contributed by atoms with Gasteiger partial charge >= 0.3 is 0 Å². The molecule has 0 radical (unpaired) electrons. The largest absolute Gasteiger partial charge is 0.368 e. The van der Waals surface area contributed by atoms with Crippen LogP contribution in [0.2, 0.25) is 0 Å². The molecule has 94 valence electrons. The van der Waals surface area contributed by atoms with Crippen LogP contribution in [0.1, 0.15) is 0 Å². The number of nitrogens with two attached hydrogens (primary N) is 2. The molecule has 8 heteroatoms. The lowest BCUT2D eigenvalue weighted by Gasteiger charge is -2.37. The molecule has 0 saturated carbocycles. The minimum Gasteiger partial charge on any atom is -0.368 e. The van der Waals surface area contributed by atoms with Gasteiger partial charge < -0.3 is 16.4 Å². The minimum atomic E-state index is 0.147. The van der Waals surface area contributed by atoms with E-state index in [2.05, 4.69) is 31.9 Å². The van der Waals surface area contributed by atoms with Crippen LogP contribution >= 0.6 is 0 Å². The van der Waals surface area contributed by atoms with E-state index in [9.17, 15) is 0 Å². The number of hydrogen-bond acceptors (Lipinski definition) is 8. The standard InChI is InChI=1S/C9H18N8/c1-15-3-5-17(6-4-15)16(2)9-13-7(10)12-8(11)14-9/h3-6H2,1-2H3,(H4,10,11,12,13,14). The first-order valence-electron chi connectivity index (χ1n) is 5.50. The maximum Gasteiger partial charge on any atom is 0.246 e. The molecule has 2 heterocycles.